The molecule has 0 aliphatic carbocycles. The van der Waals surface area contributed by atoms with E-state index in [1.807, 2.05) is 0 Å². The van der Waals surface area contributed by atoms with E-state index in [4.69, 9.17) is 14.2 Å². The maximum atomic E-state index is 15.9. The number of carbonyl (C=O) groups is 3. The highest BCUT2D eigenvalue weighted by Gasteiger charge is 2.39. The monoisotopic (exact) mass is 682 g/mol. The van der Waals surface area contributed by atoms with E-state index in [0.29, 0.717) is 42.6 Å². The lowest BCUT2D eigenvalue weighted by atomic mass is 9.98. The summed E-state index contributed by atoms with van der Waals surface area (Å²) in [5, 5.41) is 7.76. The summed E-state index contributed by atoms with van der Waals surface area (Å²) in [6, 6.07) is 10.0. The van der Waals surface area contributed by atoms with Crippen molar-refractivity contribution in [3.05, 3.63) is 76.6 Å². The molecular formula is C34H39FN4O8S. The van der Waals surface area contributed by atoms with Gasteiger partial charge in [-0.3, -0.25) is 14.9 Å². The molecule has 1 saturated heterocycles. The Morgan fingerprint density at radius 2 is 1.71 bits per heavy atom. The molecule has 12 nitrogen and oxygen atoms in total. The highest BCUT2D eigenvalue weighted by atomic mass is 32.2. The molecular weight excluding hydrogens is 643 g/mol. The lowest BCUT2D eigenvalue weighted by Gasteiger charge is -2.32. The van der Waals surface area contributed by atoms with Crippen LogP contribution >= 0.6 is 0 Å². The molecule has 5 rings (SSSR count). The van der Waals surface area contributed by atoms with Gasteiger partial charge in [0.1, 0.15) is 11.9 Å². The van der Waals surface area contributed by atoms with Crippen molar-refractivity contribution in [3.63, 3.8) is 0 Å². The van der Waals surface area contributed by atoms with Gasteiger partial charge in [0.25, 0.3) is 5.91 Å². The molecule has 0 spiro atoms. The van der Waals surface area contributed by atoms with E-state index in [9.17, 15) is 22.8 Å². The smallest absolute Gasteiger partial charge is 0.411 e. The second kappa shape index (κ2) is 14.1. The summed E-state index contributed by atoms with van der Waals surface area (Å²) < 4.78 is 58.4. The number of halogens is 1. The van der Waals surface area contributed by atoms with Gasteiger partial charge in [-0.2, -0.15) is 0 Å². The number of fused-ring (bicyclic) bond motifs is 1. The van der Waals surface area contributed by atoms with Crippen LogP contribution in [0.1, 0.15) is 65.8 Å². The van der Waals surface area contributed by atoms with E-state index in [1.54, 1.807) is 32.0 Å². The van der Waals surface area contributed by atoms with Crippen LogP contribution in [0.2, 0.25) is 0 Å². The maximum Gasteiger partial charge on any atom is 0.411 e. The number of benzene rings is 3. The lowest BCUT2D eigenvalue weighted by Crippen LogP contribution is -2.38. The van der Waals surface area contributed by atoms with Gasteiger partial charge < -0.3 is 29.7 Å². The lowest BCUT2D eigenvalue weighted by molar-refractivity contribution is -0.133. The first kappa shape index (κ1) is 34.5. The number of nitrogens with zero attached hydrogens (tertiary/aromatic N) is 1. The number of hydrogen-bond acceptors (Lipinski definition) is 9. The third kappa shape index (κ3) is 6.75. The van der Waals surface area contributed by atoms with E-state index in [-0.39, 0.29) is 40.1 Å². The predicted octanol–water partition coefficient (Wildman–Crippen LogP) is 5.01. The molecule has 0 radical (unpaired) electrons. The van der Waals surface area contributed by atoms with Crippen molar-refractivity contribution in [1.29, 1.82) is 0 Å². The average Bonchev–Trinajstić information content (AvgIpc) is 3.57. The normalized spacial score (nSPS) is 16.5. The number of nitrogens with one attached hydrogen (secondary N) is 3. The second-order valence-electron chi connectivity index (χ2n) is 11.8. The first-order chi connectivity index (χ1) is 22.9. The fourth-order valence-corrected chi connectivity index (χ4v) is 7.41. The molecule has 3 aromatic rings. The van der Waals surface area contributed by atoms with Crippen LogP contribution in [0.3, 0.4) is 0 Å². The van der Waals surface area contributed by atoms with Crippen molar-refractivity contribution in [3.8, 4) is 11.5 Å². The Labute approximate surface area is 278 Å². The number of methoxy groups -OCH3 is 3. The van der Waals surface area contributed by atoms with E-state index in [0.717, 1.165) is 11.6 Å². The third-order valence-electron chi connectivity index (χ3n) is 8.67. The van der Waals surface area contributed by atoms with E-state index in [1.165, 1.54) is 50.5 Å². The number of hydrogen-bond donors (Lipinski definition) is 3. The van der Waals surface area contributed by atoms with Gasteiger partial charge in [-0.1, -0.05) is 6.07 Å². The standard InChI is InChI=1S/C34H39FN4O8S/c1-19(2)48(43,44)30-11-10-22(38-34(42)47-5)16-25(30)27-7-6-14-39(27)33(41)31(24-17-28(45-3)29(46-4)18-26(24)35)37-21-9-8-20-12-13-36-32(40)23(20)15-21/h8-11,15-19,27,31,37H,6-7,12-14H2,1-5H3,(H,36,40)(H,38,42)/t27-,31+/m0/s1. The zero-order valence-corrected chi connectivity index (χ0v) is 28.2. The maximum absolute atomic E-state index is 15.9. The van der Waals surface area contributed by atoms with Gasteiger partial charge in [-0.05, 0) is 80.6 Å². The van der Waals surface area contributed by atoms with Crippen LogP contribution in [-0.4, -0.2) is 70.9 Å². The van der Waals surface area contributed by atoms with Crippen LogP contribution in [0.5, 0.6) is 11.5 Å². The summed E-state index contributed by atoms with van der Waals surface area (Å²) in [7, 11) is 0.149. The molecule has 0 unspecified atom stereocenters. The average molecular weight is 683 g/mol. The number of anilines is 2. The van der Waals surface area contributed by atoms with E-state index >= 15 is 4.39 Å². The van der Waals surface area contributed by atoms with Gasteiger partial charge in [-0.25, -0.2) is 17.6 Å². The van der Waals surface area contributed by atoms with Gasteiger partial charge in [0.05, 0.1) is 37.5 Å². The SMILES string of the molecule is COC(=O)Nc1ccc(S(=O)(=O)C(C)C)c([C@@H]2CCCN2C(=O)[C@H](Nc2ccc3c(c2)C(=O)NCC3)c2cc(OC)c(OC)cc2F)c1. The molecule has 256 valence electrons. The molecule has 0 bridgehead atoms. The van der Waals surface area contributed by atoms with Crippen molar-refractivity contribution >= 4 is 39.1 Å². The van der Waals surface area contributed by atoms with Crippen molar-refractivity contribution in [2.45, 2.75) is 55.3 Å². The molecule has 0 saturated carbocycles. The Hall–Kier alpha value is -4.85. The molecule has 48 heavy (non-hydrogen) atoms. The number of sulfone groups is 1. The Morgan fingerprint density at radius 3 is 2.40 bits per heavy atom. The minimum Gasteiger partial charge on any atom is -0.493 e. The number of likely N-dealkylation sites (tertiary alicyclic amines) is 1. The summed E-state index contributed by atoms with van der Waals surface area (Å²) >= 11 is 0. The van der Waals surface area contributed by atoms with Gasteiger partial charge in [-0.15, -0.1) is 0 Å². The molecule has 0 aromatic heterocycles. The molecule has 3 aromatic carbocycles. The zero-order valence-electron chi connectivity index (χ0n) is 27.4. The summed E-state index contributed by atoms with van der Waals surface area (Å²) in [4.78, 5) is 40.9. The minimum atomic E-state index is -3.83. The van der Waals surface area contributed by atoms with Gasteiger partial charge in [0.15, 0.2) is 21.3 Å². The fourth-order valence-electron chi connectivity index (χ4n) is 6.12. The first-order valence-corrected chi connectivity index (χ1v) is 17.1. The molecule has 3 N–H and O–H groups in total. The zero-order chi connectivity index (χ0) is 34.7. The number of rotatable bonds is 10. The van der Waals surface area contributed by atoms with Gasteiger partial charge in [0, 0.05) is 41.7 Å². The fraction of sp³-hybridized carbons (Fsp3) is 0.382. The Kier molecular flexibility index (Phi) is 10.1. The Balaban J connectivity index is 1.62. The molecule has 2 heterocycles. The largest absolute Gasteiger partial charge is 0.493 e. The van der Waals surface area contributed by atoms with Crippen molar-refractivity contribution in [2.24, 2.45) is 0 Å². The van der Waals surface area contributed by atoms with Crippen LogP contribution in [0.25, 0.3) is 0 Å². The summed E-state index contributed by atoms with van der Waals surface area (Å²) in [5.74, 6) is -1.20. The van der Waals surface area contributed by atoms with Crippen LogP contribution < -0.4 is 25.4 Å². The van der Waals surface area contributed by atoms with Crippen molar-refractivity contribution in [1.82, 2.24) is 10.2 Å². The van der Waals surface area contributed by atoms with Crippen LogP contribution in [0, 0.1) is 5.82 Å². The Morgan fingerprint density at radius 1 is 1.00 bits per heavy atom. The van der Waals surface area contributed by atoms with Crippen LogP contribution in [-0.2, 0) is 25.8 Å². The van der Waals surface area contributed by atoms with E-state index in [2.05, 4.69) is 16.0 Å². The second-order valence-corrected chi connectivity index (χ2v) is 14.3. The molecule has 14 heteroatoms. The van der Waals surface area contributed by atoms with Crippen molar-refractivity contribution < 1.29 is 41.4 Å². The number of carbonyl (C=O) groups excluding carboxylic acids is 3. The Bertz CT molecular complexity index is 1850. The number of amides is 3. The third-order valence-corrected chi connectivity index (χ3v) is 10.9. The quantitative estimate of drug-likeness (QED) is 0.268. The molecule has 1 fully saturated rings. The van der Waals surface area contributed by atoms with Crippen LogP contribution in [0.4, 0.5) is 20.6 Å². The molecule has 2 aliphatic heterocycles. The van der Waals surface area contributed by atoms with Crippen molar-refractivity contribution in [2.75, 3.05) is 45.1 Å². The highest BCUT2D eigenvalue weighted by Crippen LogP contribution is 2.41. The van der Waals surface area contributed by atoms with Crippen LogP contribution in [0.15, 0.2) is 53.4 Å². The molecule has 2 atom stereocenters. The topological polar surface area (TPSA) is 152 Å². The molecule has 3 amide bonds. The highest BCUT2D eigenvalue weighted by molar-refractivity contribution is 7.92. The summed E-state index contributed by atoms with van der Waals surface area (Å²) in [6.07, 6.45) is 0.849. The summed E-state index contributed by atoms with van der Waals surface area (Å²) in [6.45, 7) is 3.89. The van der Waals surface area contributed by atoms with Gasteiger partial charge >= 0.3 is 6.09 Å². The first-order valence-electron chi connectivity index (χ1n) is 15.5. The van der Waals surface area contributed by atoms with Gasteiger partial charge in [0.2, 0.25) is 5.91 Å². The number of ether oxygens (including phenoxy) is 3. The predicted molar refractivity (Wildman–Crippen MR) is 177 cm³/mol. The molecule has 2 aliphatic rings. The van der Waals surface area contributed by atoms with E-state index < -0.39 is 45.0 Å². The summed E-state index contributed by atoms with van der Waals surface area (Å²) in [5.41, 5.74) is 2.27. The minimum absolute atomic E-state index is 0.0279.